The van der Waals surface area contributed by atoms with Crippen molar-refractivity contribution in [1.29, 1.82) is 0 Å². The van der Waals surface area contributed by atoms with Gasteiger partial charge in [-0.3, -0.25) is 4.79 Å². The second-order valence-electron chi connectivity index (χ2n) is 3.91. The fourth-order valence-corrected chi connectivity index (χ4v) is 2.80. The van der Waals surface area contributed by atoms with Crippen LogP contribution in [0.2, 0.25) is 0 Å². The molecule has 17 heavy (non-hydrogen) atoms. The quantitative estimate of drug-likeness (QED) is 0.878. The van der Waals surface area contributed by atoms with Crippen molar-refractivity contribution in [2.45, 2.75) is 9.64 Å². The van der Waals surface area contributed by atoms with E-state index in [9.17, 15) is 9.90 Å². The van der Waals surface area contributed by atoms with Crippen LogP contribution in [0.5, 0.6) is 11.5 Å². The highest BCUT2D eigenvalue weighted by Gasteiger charge is 2.47. The van der Waals surface area contributed by atoms with E-state index >= 15 is 0 Å². The Labute approximate surface area is 102 Å². The molecule has 0 spiro atoms. The lowest BCUT2D eigenvalue weighted by molar-refractivity contribution is -0.151. The minimum atomic E-state index is -0.853. The molecule has 0 aliphatic carbocycles. The average molecular weight is 254 g/mol. The minimum Gasteiger partial charge on any atom is -0.480 e. The lowest BCUT2D eigenvalue weighted by Gasteiger charge is -2.36. The van der Waals surface area contributed by atoms with Gasteiger partial charge in [-0.1, -0.05) is 0 Å². The first-order valence-electron chi connectivity index (χ1n) is 5.09. The van der Waals surface area contributed by atoms with Gasteiger partial charge in [-0.2, -0.15) is 0 Å². The number of aliphatic carboxylic acids is 1. The highest BCUT2D eigenvalue weighted by molar-refractivity contribution is 8.01. The largest absolute Gasteiger partial charge is 0.480 e. The molecule has 0 atom stereocenters. The molecule has 0 aromatic heterocycles. The fraction of sp³-hybridized carbons (Fsp3) is 0.364. The van der Waals surface area contributed by atoms with Crippen LogP contribution < -0.4 is 9.47 Å². The molecule has 2 aliphatic heterocycles. The Morgan fingerprint density at radius 1 is 1.29 bits per heavy atom. The van der Waals surface area contributed by atoms with Crippen molar-refractivity contribution < 1.29 is 24.1 Å². The van der Waals surface area contributed by atoms with Crippen LogP contribution in [-0.2, 0) is 9.53 Å². The predicted octanol–water partition coefficient (Wildman–Crippen LogP) is 1.36. The molecule has 0 bridgehead atoms. The predicted molar refractivity (Wildman–Crippen MR) is 59.6 cm³/mol. The highest BCUT2D eigenvalue weighted by Crippen LogP contribution is 2.42. The van der Waals surface area contributed by atoms with Crippen LogP contribution in [0.3, 0.4) is 0 Å². The lowest BCUT2D eigenvalue weighted by Crippen LogP contribution is -2.53. The van der Waals surface area contributed by atoms with Gasteiger partial charge in [0.2, 0.25) is 6.79 Å². The number of hydrogen-bond acceptors (Lipinski definition) is 5. The first kappa shape index (κ1) is 10.7. The summed E-state index contributed by atoms with van der Waals surface area (Å²) in [6, 6.07) is 5.43. The normalized spacial score (nSPS) is 19.8. The summed E-state index contributed by atoms with van der Waals surface area (Å²) in [6.07, 6.45) is 0. The first-order chi connectivity index (χ1) is 8.20. The summed E-state index contributed by atoms with van der Waals surface area (Å²) in [4.78, 5) is 12.0. The van der Waals surface area contributed by atoms with Crippen molar-refractivity contribution in [2.24, 2.45) is 0 Å². The third kappa shape index (κ3) is 1.73. The smallest absolute Gasteiger partial charge is 0.324 e. The Morgan fingerprint density at radius 2 is 2.06 bits per heavy atom. The number of carbonyl (C=O) groups is 1. The van der Waals surface area contributed by atoms with Crippen LogP contribution in [-0.4, -0.2) is 35.8 Å². The molecule has 2 aliphatic rings. The Morgan fingerprint density at radius 3 is 2.71 bits per heavy atom. The SMILES string of the molecule is O=C(O)C1(Sc2ccc3c(c2)OCO3)COC1. The third-order valence-electron chi connectivity index (χ3n) is 2.72. The van der Waals surface area contributed by atoms with Crippen molar-refractivity contribution in [3.8, 4) is 11.5 Å². The second-order valence-corrected chi connectivity index (χ2v) is 5.37. The molecule has 3 rings (SSSR count). The molecule has 0 radical (unpaired) electrons. The number of carboxylic acids is 1. The number of hydrogen-bond donors (Lipinski definition) is 1. The van der Waals surface area contributed by atoms with Gasteiger partial charge in [-0.05, 0) is 18.2 Å². The van der Waals surface area contributed by atoms with E-state index in [-0.39, 0.29) is 20.0 Å². The van der Waals surface area contributed by atoms with Crippen molar-refractivity contribution in [3.63, 3.8) is 0 Å². The van der Waals surface area contributed by atoms with Crippen molar-refractivity contribution in [3.05, 3.63) is 18.2 Å². The fourth-order valence-electron chi connectivity index (χ4n) is 1.68. The van der Waals surface area contributed by atoms with Crippen molar-refractivity contribution >= 4 is 17.7 Å². The standard InChI is InChI=1S/C11H10O5S/c12-10(13)11(4-14-5-11)17-7-1-2-8-9(3-7)16-6-15-8/h1-3H,4-6H2,(H,12,13). The number of ether oxygens (including phenoxy) is 3. The van der Waals surface area contributed by atoms with Crippen LogP contribution in [0.1, 0.15) is 0 Å². The molecule has 6 heteroatoms. The highest BCUT2D eigenvalue weighted by atomic mass is 32.2. The van der Waals surface area contributed by atoms with Gasteiger partial charge < -0.3 is 19.3 Å². The number of benzene rings is 1. The molecule has 1 aromatic carbocycles. The summed E-state index contributed by atoms with van der Waals surface area (Å²) in [5, 5.41) is 9.18. The van der Waals surface area contributed by atoms with Crippen molar-refractivity contribution in [1.82, 2.24) is 0 Å². The Kier molecular flexibility index (Phi) is 2.41. The topological polar surface area (TPSA) is 65.0 Å². The van der Waals surface area contributed by atoms with Crippen LogP contribution in [0.25, 0.3) is 0 Å². The molecule has 1 fully saturated rings. The van der Waals surface area contributed by atoms with E-state index < -0.39 is 10.7 Å². The third-order valence-corrected chi connectivity index (χ3v) is 4.01. The zero-order valence-corrected chi connectivity index (χ0v) is 9.66. The van der Waals surface area contributed by atoms with E-state index in [2.05, 4.69) is 0 Å². The molecule has 1 saturated heterocycles. The molecule has 1 aromatic rings. The van der Waals surface area contributed by atoms with E-state index in [1.165, 1.54) is 11.8 Å². The molecule has 1 N–H and O–H groups in total. The van der Waals surface area contributed by atoms with Gasteiger partial charge in [0.25, 0.3) is 0 Å². The van der Waals surface area contributed by atoms with Gasteiger partial charge in [0.15, 0.2) is 16.2 Å². The van der Waals surface area contributed by atoms with Gasteiger partial charge in [-0.15, -0.1) is 11.8 Å². The molecule has 0 unspecified atom stereocenters. The maximum absolute atomic E-state index is 11.2. The number of rotatable bonds is 3. The summed E-state index contributed by atoms with van der Waals surface area (Å²) in [6.45, 7) is 0.694. The second kappa shape index (κ2) is 3.82. The average Bonchev–Trinajstić information content (AvgIpc) is 2.69. The molecule has 2 heterocycles. The van der Waals surface area contributed by atoms with Crippen LogP contribution in [0.15, 0.2) is 23.1 Å². The van der Waals surface area contributed by atoms with E-state index in [1.807, 2.05) is 6.07 Å². The summed E-state index contributed by atoms with van der Waals surface area (Å²) >= 11 is 1.29. The number of carboxylic acid groups (broad SMARTS) is 1. The first-order valence-corrected chi connectivity index (χ1v) is 5.91. The molecule has 90 valence electrons. The summed E-state index contributed by atoms with van der Waals surface area (Å²) in [5.74, 6) is 0.519. The van der Waals surface area contributed by atoms with Gasteiger partial charge in [0, 0.05) is 4.90 Å². The lowest BCUT2D eigenvalue weighted by atomic mass is 10.1. The maximum Gasteiger partial charge on any atom is 0.324 e. The maximum atomic E-state index is 11.2. The van der Waals surface area contributed by atoms with Crippen LogP contribution in [0, 0.1) is 0 Å². The van der Waals surface area contributed by atoms with E-state index in [0.717, 1.165) is 4.90 Å². The van der Waals surface area contributed by atoms with Crippen LogP contribution >= 0.6 is 11.8 Å². The van der Waals surface area contributed by atoms with Gasteiger partial charge in [0.05, 0.1) is 13.2 Å². The van der Waals surface area contributed by atoms with Gasteiger partial charge in [-0.25, -0.2) is 0 Å². The molecular formula is C11H10O5S. The van der Waals surface area contributed by atoms with E-state index in [1.54, 1.807) is 12.1 Å². The number of fused-ring (bicyclic) bond motifs is 1. The molecule has 0 amide bonds. The van der Waals surface area contributed by atoms with Gasteiger partial charge >= 0.3 is 5.97 Å². The number of thioether (sulfide) groups is 1. The monoisotopic (exact) mass is 254 g/mol. The van der Waals surface area contributed by atoms with Gasteiger partial charge in [0.1, 0.15) is 0 Å². The molecular weight excluding hydrogens is 244 g/mol. The summed E-state index contributed by atoms with van der Waals surface area (Å²) in [5.41, 5.74) is 0. The Balaban J connectivity index is 1.83. The summed E-state index contributed by atoms with van der Waals surface area (Å²) < 4.78 is 14.6. The molecule has 0 saturated carbocycles. The zero-order valence-electron chi connectivity index (χ0n) is 8.84. The van der Waals surface area contributed by atoms with E-state index in [0.29, 0.717) is 11.5 Å². The molecule has 5 nitrogen and oxygen atoms in total. The zero-order chi connectivity index (χ0) is 11.9. The van der Waals surface area contributed by atoms with E-state index in [4.69, 9.17) is 14.2 Å². The van der Waals surface area contributed by atoms with Crippen molar-refractivity contribution in [2.75, 3.05) is 20.0 Å². The van der Waals surface area contributed by atoms with Crippen LogP contribution in [0.4, 0.5) is 0 Å². The minimum absolute atomic E-state index is 0.219. The Bertz CT molecular complexity index is 469. The Hall–Kier alpha value is -1.40. The summed E-state index contributed by atoms with van der Waals surface area (Å²) in [7, 11) is 0.